The van der Waals surface area contributed by atoms with Crippen molar-refractivity contribution in [1.82, 2.24) is 15.1 Å². The van der Waals surface area contributed by atoms with Crippen LogP contribution in [0.15, 0.2) is 0 Å². The molecule has 0 saturated heterocycles. The molecule has 0 bridgehead atoms. The molecule has 0 aliphatic heterocycles. The number of alkyl halides is 3. The van der Waals surface area contributed by atoms with Crippen LogP contribution in [0.1, 0.15) is 43.1 Å². The number of aryl methyl sites for hydroxylation is 1. The van der Waals surface area contributed by atoms with E-state index in [0.29, 0.717) is 11.3 Å². The summed E-state index contributed by atoms with van der Waals surface area (Å²) in [5.74, 6) is -2.22. The number of nitrogens with zero attached hydrogens (tertiary/aromatic N) is 2. The zero-order chi connectivity index (χ0) is 17.9. The van der Waals surface area contributed by atoms with Crippen LogP contribution in [0.5, 0.6) is 0 Å². The van der Waals surface area contributed by atoms with Gasteiger partial charge in [0.25, 0.3) is 0 Å². The number of carboxylic acid groups (broad SMARTS) is 1. The Morgan fingerprint density at radius 3 is 2.35 bits per heavy atom. The van der Waals surface area contributed by atoms with Crippen molar-refractivity contribution in [3.05, 3.63) is 17.0 Å². The summed E-state index contributed by atoms with van der Waals surface area (Å²) in [5.41, 5.74) is 1.04. The molecule has 1 rings (SSSR count). The molecule has 0 radical (unpaired) electrons. The minimum Gasteiger partial charge on any atom is -0.481 e. The molecule has 1 aromatic heterocycles. The lowest BCUT2D eigenvalue weighted by atomic mass is 9.98. The summed E-state index contributed by atoms with van der Waals surface area (Å²) in [6.45, 7) is 4.90. The smallest absolute Gasteiger partial charge is 0.408 e. The van der Waals surface area contributed by atoms with Gasteiger partial charge in [-0.25, -0.2) is 0 Å². The normalized spacial score (nSPS) is 14.4. The van der Waals surface area contributed by atoms with Crippen LogP contribution in [0.3, 0.4) is 0 Å². The maximum Gasteiger partial charge on any atom is 0.408 e. The van der Waals surface area contributed by atoms with Crippen LogP contribution in [-0.4, -0.2) is 39.0 Å². The van der Waals surface area contributed by atoms with E-state index in [1.165, 1.54) is 6.92 Å². The number of amides is 1. The summed E-state index contributed by atoms with van der Waals surface area (Å²) in [4.78, 5) is 22.8. The topological polar surface area (TPSA) is 84.2 Å². The third kappa shape index (κ3) is 5.26. The molecule has 2 unspecified atom stereocenters. The molecule has 23 heavy (non-hydrogen) atoms. The van der Waals surface area contributed by atoms with Gasteiger partial charge >= 0.3 is 12.1 Å². The van der Waals surface area contributed by atoms with Gasteiger partial charge in [0.15, 0.2) is 0 Å². The number of hydrogen-bond donors (Lipinski definition) is 2. The van der Waals surface area contributed by atoms with Crippen molar-refractivity contribution < 1.29 is 27.9 Å². The maximum absolute atomic E-state index is 12.5. The second-order valence-electron chi connectivity index (χ2n) is 5.59. The van der Waals surface area contributed by atoms with E-state index < -0.39 is 36.6 Å². The Morgan fingerprint density at radius 2 is 1.87 bits per heavy atom. The number of aromatic nitrogens is 2. The summed E-state index contributed by atoms with van der Waals surface area (Å²) in [6, 6.07) is -0.576. The fourth-order valence-electron chi connectivity index (χ4n) is 2.47. The number of carboxylic acids is 1. The van der Waals surface area contributed by atoms with Gasteiger partial charge in [0.2, 0.25) is 5.91 Å². The summed E-state index contributed by atoms with van der Waals surface area (Å²) in [7, 11) is 0. The largest absolute Gasteiger partial charge is 0.481 e. The molecule has 2 atom stereocenters. The number of hydrogen-bond acceptors (Lipinski definition) is 3. The zero-order valence-electron chi connectivity index (χ0n) is 13.4. The molecule has 0 aromatic carbocycles. The molecule has 9 heteroatoms. The van der Waals surface area contributed by atoms with E-state index in [1.807, 2.05) is 0 Å². The highest BCUT2D eigenvalue weighted by molar-refractivity contribution is 5.84. The van der Waals surface area contributed by atoms with Crippen LogP contribution in [0.25, 0.3) is 0 Å². The van der Waals surface area contributed by atoms with Gasteiger partial charge in [0.1, 0.15) is 6.54 Å². The van der Waals surface area contributed by atoms with Crippen LogP contribution in [0.4, 0.5) is 13.2 Å². The van der Waals surface area contributed by atoms with E-state index >= 15 is 0 Å². The Hall–Kier alpha value is -2.06. The molecular weight excluding hydrogens is 315 g/mol. The van der Waals surface area contributed by atoms with Gasteiger partial charge in [0.05, 0.1) is 18.0 Å². The van der Waals surface area contributed by atoms with Gasteiger partial charge in [-0.05, 0) is 27.7 Å². The van der Waals surface area contributed by atoms with Crippen molar-refractivity contribution in [2.75, 3.05) is 0 Å². The SMILES string of the molecule is Cc1nn(CC(F)(F)F)c(C)c1C(C)C(=O)NC(C)CC(=O)O. The Morgan fingerprint density at radius 1 is 1.30 bits per heavy atom. The van der Waals surface area contributed by atoms with Gasteiger partial charge in [-0.2, -0.15) is 18.3 Å². The molecule has 1 aromatic rings. The predicted molar refractivity (Wildman–Crippen MR) is 76.0 cm³/mol. The average Bonchev–Trinajstić information content (AvgIpc) is 2.60. The number of carbonyl (C=O) groups excluding carboxylic acids is 1. The van der Waals surface area contributed by atoms with Crippen LogP contribution in [-0.2, 0) is 16.1 Å². The van der Waals surface area contributed by atoms with Gasteiger partial charge in [-0.3, -0.25) is 14.3 Å². The lowest BCUT2D eigenvalue weighted by Crippen LogP contribution is -2.37. The molecule has 1 heterocycles. The average molecular weight is 335 g/mol. The summed E-state index contributed by atoms with van der Waals surface area (Å²) >= 11 is 0. The first kappa shape index (κ1) is 19.0. The third-order valence-corrected chi connectivity index (χ3v) is 3.46. The fraction of sp³-hybridized carbons (Fsp3) is 0.643. The highest BCUT2D eigenvalue weighted by Crippen LogP contribution is 2.26. The standard InChI is InChI=1S/C14H20F3N3O3/c1-7(5-11(21)22)18-13(23)8(2)12-9(3)19-20(10(12)4)6-14(15,16)17/h7-8H,5-6H2,1-4H3,(H,18,23)(H,21,22). The first-order chi connectivity index (χ1) is 10.4. The molecule has 2 N–H and O–H groups in total. The predicted octanol–water partition coefficient (Wildman–Crippen LogP) is 2.15. The van der Waals surface area contributed by atoms with Gasteiger partial charge in [0, 0.05) is 17.3 Å². The summed E-state index contributed by atoms with van der Waals surface area (Å²) in [6.07, 6.45) is -4.63. The lowest BCUT2D eigenvalue weighted by Gasteiger charge is -2.17. The van der Waals surface area contributed by atoms with Crippen molar-refractivity contribution in [2.24, 2.45) is 0 Å². The number of rotatable bonds is 6. The molecule has 0 aliphatic rings. The third-order valence-electron chi connectivity index (χ3n) is 3.46. The highest BCUT2D eigenvalue weighted by Gasteiger charge is 2.31. The van der Waals surface area contributed by atoms with Crippen LogP contribution >= 0.6 is 0 Å². The number of carbonyl (C=O) groups is 2. The number of halogens is 3. The monoisotopic (exact) mass is 335 g/mol. The Balaban J connectivity index is 2.93. The van der Waals surface area contributed by atoms with Crippen molar-refractivity contribution in [3.8, 4) is 0 Å². The second-order valence-corrected chi connectivity index (χ2v) is 5.59. The molecule has 0 spiro atoms. The summed E-state index contributed by atoms with van der Waals surface area (Å²) in [5, 5.41) is 15.1. The van der Waals surface area contributed by atoms with E-state index in [0.717, 1.165) is 4.68 Å². The highest BCUT2D eigenvalue weighted by atomic mass is 19.4. The minimum absolute atomic E-state index is 0.232. The van der Waals surface area contributed by atoms with Crippen LogP contribution < -0.4 is 5.32 Å². The molecule has 1 amide bonds. The van der Waals surface area contributed by atoms with E-state index in [2.05, 4.69) is 10.4 Å². The number of aliphatic carboxylic acids is 1. The summed E-state index contributed by atoms with van der Waals surface area (Å²) < 4.78 is 38.4. The molecule has 130 valence electrons. The van der Waals surface area contributed by atoms with E-state index in [-0.39, 0.29) is 12.1 Å². The first-order valence-electron chi connectivity index (χ1n) is 7.05. The first-order valence-corrected chi connectivity index (χ1v) is 7.05. The van der Waals surface area contributed by atoms with Crippen LogP contribution in [0.2, 0.25) is 0 Å². The Labute approximate surface area is 131 Å². The van der Waals surface area contributed by atoms with E-state index in [1.54, 1.807) is 20.8 Å². The molecule has 0 fully saturated rings. The lowest BCUT2D eigenvalue weighted by molar-refractivity contribution is -0.143. The quantitative estimate of drug-likeness (QED) is 0.834. The Bertz CT molecular complexity index is 596. The van der Waals surface area contributed by atoms with Crippen molar-refractivity contribution in [2.45, 2.75) is 58.8 Å². The fourth-order valence-corrected chi connectivity index (χ4v) is 2.47. The van der Waals surface area contributed by atoms with Gasteiger partial charge < -0.3 is 10.4 Å². The maximum atomic E-state index is 12.5. The van der Waals surface area contributed by atoms with Gasteiger partial charge in [-0.1, -0.05) is 0 Å². The van der Waals surface area contributed by atoms with Crippen molar-refractivity contribution >= 4 is 11.9 Å². The van der Waals surface area contributed by atoms with E-state index in [9.17, 15) is 22.8 Å². The second kappa shape index (κ2) is 7.01. The van der Waals surface area contributed by atoms with E-state index in [4.69, 9.17) is 5.11 Å². The van der Waals surface area contributed by atoms with Crippen molar-refractivity contribution in [1.29, 1.82) is 0 Å². The molecule has 6 nitrogen and oxygen atoms in total. The minimum atomic E-state index is -4.40. The molecule has 0 saturated carbocycles. The molecule has 0 aliphatic carbocycles. The zero-order valence-corrected chi connectivity index (χ0v) is 13.4. The van der Waals surface area contributed by atoms with Crippen LogP contribution in [0, 0.1) is 13.8 Å². The Kier molecular flexibility index (Phi) is 5.79. The van der Waals surface area contributed by atoms with Gasteiger partial charge in [-0.15, -0.1) is 0 Å². The van der Waals surface area contributed by atoms with Crippen molar-refractivity contribution in [3.63, 3.8) is 0 Å². The molecular formula is C14H20F3N3O3. The number of nitrogens with one attached hydrogen (secondary N) is 1.